The normalized spacial score (nSPS) is 21.1. The minimum Gasteiger partial charge on any atom is -0.497 e. The summed E-state index contributed by atoms with van der Waals surface area (Å²) in [5.74, 6) is 2.65. The first-order chi connectivity index (χ1) is 12.7. The summed E-state index contributed by atoms with van der Waals surface area (Å²) in [6, 6.07) is 7.28. The predicted octanol–water partition coefficient (Wildman–Crippen LogP) is 2.60. The fourth-order valence-corrected chi connectivity index (χ4v) is 3.59. The summed E-state index contributed by atoms with van der Waals surface area (Å²) in [6.45, 7) is 2.81. The van der Waals surface area contributed by atoms with Gasteiger partial charge in [-0.05, 0) is 37.5 Å². The van der Waals surface area contributed by atoms with Crippen molar-refractivity contribution in [2.45, 2.75) is 31.1 Å². The van der Waals surface area contributed by atoms with E-state index in [1.807, 2.05) is 23.1 Å². The Morgan fingerprint density at radius 3 is 2.81 bits per heavy atom. The van der Waals surface area contributed by atoms with Gasteiger partial charge in [-0.25, -0.2) is 0 Å². The molecule has 1 atom stereocenters. The molecule has 1 aromatic carbocycles. The van der Waals surface area contributed by atoms with Crippen LogP contribution in [0.2, 0.25) is 0 Å². The summed E-state index contributed by atoms with van der Waals surface area (Å²) in [5, 5.41) is 4.13. The molecule has 4 rings (SSSR count). The Morgan fingerprint density at radius 2 is 2.08 bits per heavy atom. The highest BCUT2D eigenvalue weighted by Crippen LogP contribution is 2.30. The van der Waals surface area contributed by atoms with E-state index in [-0.39, 0.29) is 17.7 Å². The minimum atomic E-state index is 0.0386. The Balaban J connectivity index is 1.37. The van der Waals surface area contributed by atoms with Crippen LogP contribution in [-0.4, -0.2) is 54.4 Å². The van der Waals surface area contributed by atoms with Gasteiger partial charge < -0.3 is 18.9 Å². The van der Waals surface area contributed by atoms with E-state index in [1.165, 1.54) is 0 Å². The number of aromatic nitrogens is 2. The van der Waals surface area contributed by atoms with Crippen LogP contribution in [0.15, 0.2) is 28.8 Å². The standard InChI is InChI=1S/C19H23N3O4/c1-24-16-4-2-3-14(11-16)19(23)22-8-5-13(6-9-22)18-20-17(21-26-18)15-7-10-25-12-15/h2-4,11,13,15H,5-10,12H2,1H3. The van der Waals surface area contributed by atoms with Crippen molar-refractivity contribution in [1.82, 2.24) is 15.0 Å². The second kappa shape index (κ2) is 7.45. The average Bonchev–Trinajstić information content (AvgIpc) is 3.39. The SMILES string of the molecule is COc1cccc(C(=O)N2CCC(c3nc(C4CCOC4)no3)CC2)c1. The lowest BCUT2D eigenvalue weighted by atomic mass is 9.96. The fourth-order valence-electron chi connectivity index (χ4n) is 3.59. The van der Waals surface area contributed by atoms with Gasteiger partial charge in [0.15, 0.2) is 5.82 Å². The van der Waals surface area contributed by atoms with Gasteiger partial charge in [0, 0.05) is 37.1 Å². The molecule has 0 saturated carbocycles. The summed E-state index contributed by atoms with van der Waals surface area (Å²) in [7, 11) is 1.60. The molecule has 0 spiro atoms. The number of piperidine rings is 1. The summed E-state index contributed by atoms with van der Waals surface area (Å²) in [5.41, 5.74) is 0.657. The Kier molecular flexibility index (Phi) is 4.88. The minimum absolute atomic E-state index is 0.0386. The van der Waals surface area contributed by atoms with Gasteiger partial charge in [-0.15, -0.1) is 0 Å². The van der Waals surface area contributed by atoms with Crippen molar-refractivity contribution < 1.29 is 18.8 Å². The quantitative estimate of drug-likeness (QED) is 0.837. The number of amides is 1. The Labute approximate surface area is 152 Å². The summed E-state index contributed by atoms with van der Waals surface area (Å²) < 4.78 is 16.1. The number of ether oxygens (including phenoxy) is 2. The van der Waals surface area contributed by atoms with Crippen LogP contribution in [0.1, 0.15) is 53.2 Å². The number of rotatable bonds is 4. The number of benzene rings is 1. The monoisotopic (exact) mass is 357 g/mol. The molecule has 2 aliphatic heterocycles. The van der Waals surface area contributed by atoms with Crippen molar-refractivity contribution in [2.75, 3.05) is 33.4 Å². The van der Waals surface area contributed by atoms with E-state index in [0.717, 1.165) is 31.7 Å². The number of carbonyl (C=O) groups is 1. The first-order valence-electron chi connectivity index (χ1n) is 9.09. The third kappa shape index (κ3) is 3.44. The maximum Gasteiger partial charge on any atom is 0.253 e. The number of carbonyl (C=O) groups excluding carboxylic acids is 1. The average molecular weight is 357 g/mol. The van der Waals surface area contributed by atoms with Gasteiger partial charge in [0.05, 0.1) is 13.7 Å². The van der Waals surface area contributed by atoms with Crippen molar-refractivity contribution in [3.05, 3.63) is 41.5 Å². The van der Waals surface area contributed by atoms with Crippen LogP contribution in [0.4, 0.5) is 0 Å². The van der Waals surface area contributed by atoms with Crippen LogP contribution in [0.5, 0.6) is 5.75 Å². The first-order valence-corrected chi connectivity index (χ1v) is 9.09. The maximum atomic E-state index is 12.7. The zero-order valence-electron chi connectivity index (χ0n) is 14.9. The van der Waals surface area contributed by atoms with Crippen molar-refractivity contribution in [1.29, 1.82) is 0 Å². The topological polar surface area (TPSA) is 77.7 Å². The van der Waals surface area contributed by atoms with Crippen molar-refractivity contribution >= 4 is 5.91 Å². The zero-order valence-corrected chi connectivity index (χ0v) is 14.9. The molecule has 7 heteroatoms. The molecule has 7 nitrogen and oxygen atoms in total. The van der Waals surface area contributed by atoms with Gasteiger partial charge in [0.1, 0.15) is 5.75 Å². The molecule has 0 N–H and O–H groups in total. The lowest BCUT2D eigenvalue weighted by molar-refractivity contribution is 0.0704. The third-order valence-corrected chi connectivity index (χ3v) is 5.20. The number of methoxy groups -OCH3 is 1. The largest absolute Gasteiger partial charge is 0.497 e. The van der Waals surface area contributed by atoms with Gasteiger partial charge in [-0.1, -0.05) is 11.2 Å². The molecule has 1 amide bonds. The summed E-state index contributed by atoms with van der Waals surface area (Å²) in [6.07, 6.45) is 2.61. The summed E-state index contributed by atoms with van der Waals surface area (Å²) >= 11 is 0. The smallest absolute Gasteiger partial charge is 0.253 e. The van der Waals surface area contributed by atoms with E-state index in [2.05, 4.69) is 10.1 Å². The van der Waals surface area contributed by atoms with Gasteiger partial charge in [0.25, 0.3) is 5.91 Å². The van der Waals surface area contributed by atoms with E-state index in [1.54, 1.807) is 13.2 Å². The van der Waals surface area contributed by atoms with Crippen LogP contribution < -0.4 is 4.74 Å². The Hall–Kier alpha value is -2.41. The highest BCUT2D eigenvalue weighted by atomic mass is 16.5. The second-order valence-electron chi connectivity index (χ2n) is 6.85. The van der Waals surface area contributed by atoms with Gasteiger partial charge in [0.2, 0.25) is 5.89 Å². The highest BCUT2D eigenvalue weighted by Gasteiger charge is 2.30. The summed E-state index contributed by atoms with van der Waals surface area (Å²) in [4.78, 5) is 19.2. The highest BCUT2D eigenvalue weighted by molar-refractivity contribution is 5.94. The van der Waals surface area contributed by atoms with Crippen LogP contribution in [0.3, 0.4) is 0 Å². The molecular formula is C19H23N3O4. The third-order valence-electron chi connectivity index (χ3n) is 5.20. The molecule has 2 saturated heterocycles. The second-order valence-corrected chi connectivity index (χ2v) is 6.85. The molecular weight excluding hydrogens is 334 g/mol. The van der Waals surface area contributed by atoms with Crippen molar-refractivity contribution in [3.63, 3.8) is 0 Å². The fraction of sp³-hybridized carbons (Fsp3) is 0.526. The molecule has 0 bridgehead atoms. The molecule has 26 heavy (non-hydrogen) atoms. The molecule has 2 aliphatic rings. The molecule has 1 aromatic heterocycles. The predicted molar refractivity (Wildman–Crippen MR) is 93.3 cm³/mol. The van der Waals surface area contributed by atoms with Crippen molar-refractivity contribution in [3.8, 4) is 5.75 Å². The van der Waals surface area contributed by atoms with E-state index in [9.17, 15) is 4.79 Å². The van der Waals surface area contributed by atoms with Gasteiger partial charge >= 0.3 is 0 Å². The molecule has 2 fully saturated rings. The number of nitrogens with zero attached hydrogens (tertiary/aromatic N) is 3. The van der Waals surface area contributed by atoms with E-state index in [0.29, 0.717) is 36.9 Å². The molecule has 1 unspecified atom stereocenters. The molecule has 0 aliphatic carbocycles. The van der Waals surface area contributed by atoms with Crippen LogP contribution in [-0.2, 0) is 4.74 Å². The number of hydrogen-bond acceptors (Lipinski definition) is 6. The number of likely N-dealkylation sites (tertiary alicyclic amines) is 1. The van der Waals surface area contributed by atoms with Crippen LogP contribution in [0, 0.1) is 0 Å². The van der Waals surface area contributed by atoms with Gasteiger partial charge in [-0.2, -0.15) is 4.98 Å². The maximum absolute atomic E-state index is 12.7. The Morgan fingerprint density at radius 1 is 1.23 bits per heavy atom. The Bertz CT molecular complexity index is 762. The van der Waals surface area contributed by atoms with Crippen molar-refractivity contribution in [2.24, 2.45) is 0 Å². The molecule has 2 aromatic rings. The van der Waals surface area contributed by atoms with E-state index in [4.69, 9.17) is 14.0 Å². The molecule has 138 valence electrons. The number of hydrogen-bond donors (Lipinski definition) is 0. The lowest BCUT2D eigenvalue weighted by Crippen LogP contribution is -2.38. The van der Waals surface area contributed by atoms with Gasteiger partial charge in [-0.3, -0.25) is 4.79 Å². The van der Waals surface area contributed by atoms with E-state index < -0.39 is 0 Å². The van der Waals surface area contributed by atoms with Crippen LogP contribution in [0.25, 0.3) is 0 Å². The first kappa shape index (κ1) is 17.0. The molecule has 3 heterocycles. The van der Waals surface area contributed by atoms with E-state index >= 15 is 0 Å². The zero-order chi connectivity index (χ0) is 17.9. The van der Waals surface area contributed by atoms with Crippen LogP contribution >= 0.6 is 0 Å². The lowest BCUT2D eigenvalue weighted by Gasteiger charge is -2.30. The molecule has 0 radical (unpaired) electrons.